The standard InChI is InChI=1S/C15H21FN2O/c1-18(10-11-5-7-13(16)8-6-11)15(19)14-4-2-3-12(14)9-17/h5-8,12,14H,2-4,9-10,17H2,1H3. The van der Waals surface area contributed by atoms with E-state index >= 15 is 0 Å². The monoisotopic (exact) mass is 264 g/mol. The van der Waals surface area contributed by atoms with Crippen LogP contribution in [0.3, 0.4) is 0 Å². The molecule has 1 fully saturated rings. The minimum Gasteiger partial charge on any atom is -0.341 e. The van der Waals surface area contributed by atoms with Crippen molar-refractivity contribution in [3.05, 3.63) is 35.6 Å². The summed E-state index contributed by atoms with van der Waals surface area (Å²) in [6, 6.07) is 6.28. The maximum atomic E-state index is 12.8. The van der Waals surface area contributed by atoms with Crippen LogP contribution in [0.1, 0.15) is 24.8 Å². The Kier molecular flexibility index (Phi) is 4.53. The van der Waals surface area contributed by atoms with Gasteiger partial charge in [0.1, 0.15) is 5.82 Å². The highest BCUT2D eigenvalue weighted by atomic mass is 19.1. The van der Waals surface area contributed by atoms with E-state index in [9.17, 15) is 9.18 Å². The van der Waals surface area contributed by atoms with Gasteiger partial charge in [0.15, 0.2) is 0 Å². The number of halogens is 1. The summed E-state index contributed by atoms with van der Waals surface area (Å²) in [5.74, 6) is 0.299. The number of nitrogens with zero attached hydrogens (tertiary/aromatic N) is 1. The third kappa shape index (κ3) is 3.32. The number of carbonyl (C=O) groups is 1. The van der Waals surface area contributed by atoms with E-state index in [1.165, 1.54) is 12.1 Å². The summed E-state index contributed by atoms with van der Waals surface area (Å²) in [5.41, 5.74) is 6.66. The summed E-state index contributed by atoms with van der Waals surface area (Å²) < 4.78 is 12.8. The highest BCUT2D eigenvalue weighted by Gasteiger charge is 2.33. The van der Waals surface area contributed by atoms with Crippen LogP contribution in [0.4, 0.5) is 4.39 Å². The Labute approximate surface area is 113 Å². The molecule has 2 unspecified atom stereocenters. The quantitative estimate of drug-likeness (QED) is 0.906. The second-order valence-corrected chi connectivity index (χ2v) is 5.35. The van der Waals surface area contributed by atoms with Gasteiger partial charge < -0.3 is 10.6 Å². The summed E-state index contributed by atoms with van der Waals surface area (Å²) in [6.07, 6.45) is 3.08. The molecule has 2 rings (SSSR count). The smallest absolute Gasteiger partial charge is 0.226 e. The lowest BCUT2D eigenvalue weighted by molar-refractivity contribution is -0.135. The lowest BCUT2D eigenvalue weighted by atomic mass is 9.95. The SMILES string of the molecule is CN(Cc1ccc(F)cc1)C(=O)C1CCCC1CN. The summed E-state index contributed by atoms with van der Waals surface area (Å²) in [4.78, 5) is 14.1. The zero-order valence-corrected chi connectivity index (χ0v) is 11.3. The zero-order valence-electron chi connectivity index (χ0n) is 11.3. The minimum atomic E-state index is -0.253. The summed E-state index contributed by atoms with van der Waals surface area (Å²) in [6.45, 7) is 1.10. The van der Waals surface area contributed by atoms with Crippen molar-refractivity contribution in [1.82, 2.24) is 4.90 Å². The van der Waals surface area contributed by atoms with Crippen LogP contribution in [0.25, 0.3) is 0 Å². The van der Waals surface area contributed by atoms with Gasteiger partial charge in [-0.2, -0.15) is 0 Å². The van der Waals surface area contributed by atoms with E-state index < -0.39 is 0 Å². The third-order valence-electron chi connectivity index (χ3n) is 3.99. The molecule has 2 atom stereocenters. The van der Waals surface area contributed by atoms with Gasteiger partial charge in [0.05, 0.1) is 0 Å². The van der Waals surface area contributed by atoms with E-state index in [-0.39, 0.29) is 17.6 Å². The van der Waals surface area contributed by atoms with Crippen LogP contribution >= 0.6 is 0 Å². The molecule has 3 nitrogen and oxygen atoms in total. The van der Waals surface area contributed by atoms with Gasteiger partial charge in [-0.05, 0) is 43.0 Å². The first-order chi connectivity index (χ1) is 9.11. The Bertz CT molecular complexity index is 432. The van der Waals surface area contributed by atoms with Gasteiger partial charge in [-0.1, -0.05) is 18.6 Å². The molecule has 0 aliphatic heterocycles. The largest absolute Gasteiger partial charge is 0.341 e. The lowest BCUT2D eigenvalue weighted by Crippen LogP contribution is -2.36. The molecule has 1 saturated carbocycles. The molecule has 4 heteroatoms. The maximum Gasteiger partial charge on any atom is 0.226 e. The van der Waals surface area contributed by atoms with Crippen molar-refractivity contribution in [2.24, 2.45) is 17.6 Å². The van der Waals surface area contributed by atoms with E-state index in [1.807, 2.05) is 0 Å². The van der Waals surface area contributed by atoms with E-state index in [4.69, 9.17) is 5.73 Å². The van der Waals surface area contributed by atoms with E-state index in [1.54, 1.807) is 24.1 Å². The second-order valence-electron chi connectivity index (χ2n) is 5.35. The molecule has 0 saturated heterocycles. The lowest BCUT2D eigenvalue weighted by Gasteiger charge is -2.24. The summed E-state index contributed by atoms with van der Waals surface area (Å²) in [5, 5.41) is 0. The molecule has 1 aliphatic carbocycles. The molecule has 1 aromatic rings. The predicted octanol–water partition coefficient (Wildman–Crippen LogP) is 2.16. The molecular formula is C15H21FN2O. The Balaban J connectivity index is 1.97. The summed E-state index contributed by atoms with van der Waals surface area (Å²) in [7, 11) is 1.80. The van der Waals surface area contributed by atoms with Gasteiger partial charge in [-0.15, -0.1) is 0 Å². The highest BCUT2D eigenvalue weighted by Crippen LogP contribution is 2.32. The third-order valence-corrected chi connectivity index (χ3v) is 3.99. The molecule has 2 N–H and O–H groups in total. The van der Waals surface area contributed by atoms with Crippen molar-refractivity contribution in [2.45, 2.75) is 25.8 Å². The molecule has 0 spiro atoms. The zero-order chi connectivity index (χ0) is 13.8. The number of nitrogens with two attached hydrogens (primary N) is 1. The van der Waals surface area contributed by atoms with Crippen molar-refractivity contribution in [3.8, 4) is 0 Å². The van der Waals surface area contributed by atoms with E-state index in [0.29, 0.717) is 19.0 Å². The van der Waals surface area contributed by atoms with Crippen LogP contribution in [0.2, 0.25) is 0 Å². The average molecular weight is 264 g/mol. The number of benzene rings is 1. The van der Waals surface area contributed by atoms with Crippen LogP contribution < -0.4 is 5.73 Å². The first kappa shape index (κ1) is 14.0. The normalized spacial score (nSPS) is 22.5. The first-order valence-electron chi connectivity index (χ1n) is 6.81. The van der Waals surface area contributed by atoms with Crippen LogP contribution in [-0.2, 0) is 11.3 Å². The number of amides is 1. The molecule has 104 valence electrons. The Morgan fingerprint density at radius 3 is 2.68 bits per heavy atom. The summed E-state index contributed by atoms with van der Waals surface area (Å²) >= 11 is 0. The molecule has 1 aromatic carbocycles. The Hall–Kier alpha value is -1.42. The minimum absolute atomic E-state index is 0.0652. The number of rotatable bonds is 4. The van der Waals surface area contributed by atoms with Gasteiger partial charge in [0.25, 0.3) is 0 Å². The molecule has 1 aliphatic rings. The number of carbonyl (C=O) groups excluding carboxylic acids is 1. The van der Waals surface area contributed by atoms with Crippen molar-refractivity contribution >= 4 is 5.91 Å². The number of hydrogen-bond donors (Lipinski definition) is 1. The predicted molar refractivity (Wildman–Crippen MR) is 72.8 cm³/mol. The van der Waals surface area contributed by atoms with Crippen LogP contribution in [0.5, 0.6) is 0 Å². The van der Waals surface area contributed by atoms with Crippen LogP contribution in [-0.4, -0.2) is 24.4 Å². The molecular weight excluding hydrogens is 243 g/mol. The van der Waals surface area contributed by atoms with Crippen molar-refractivity contribution in [1.29, 1.82) is 0 Å². The molecule has 0 aromatic heterocycles. The van der Waals surface area contributed by atoms with Crippen molar-refractivity contribution < 1.29 is 9.18 Å². The van der Waals surface area contributed by atoms with Gasteiger partial charge in [-0.3, -0.25) is 4.79 Å². The van der Waals surface area contributed by atoms with Gasteiger partial charge in [-0.25, -0.2) is 4.39 Å². The Morgan fingerprint density at radius 2 is 2.05 bits per heavy atom. The fourth-order valence-electron chi connectivity index (χ4n) is 2.87. The molecule has 0 bridgehead atoms. The first-order valence-corrected chi connectivity index (χ1v) is 6.81. The fourth-order valence-corrected chi connectivity index (χ4v) is 2.87. The molecule has 0 radical (unpaired) electrons. The van der Waals surface area contributed by atoms with E-state index in [0.717, 1.165) is 24.8 Å². The Morgan fingerprint density at radius 1 is 1.37 bits per heavy atom. The molecule has 1 amide bonds. The number of hydrogen-bond acceptors (Lipinski definition) is 2. The average Bonchev–Trinajstić information content (AvgIpc) is 2.88. The second kappa shape index (κ2) is 6.15. The van der Waals surface area contributed by atoms with Gasteiger partial charge in [0.2, 0.25) is 5.91 Å². The highest BCUT2D eigenvalue weighted by molar-refractivity contribution is 5.79. The van der Waals surface area contributed by atoms with E-state index in [2.05, 4.69) is 0 Å². The maximum absolute atomic E-state index is 12.8. The van der Waals surface area contributed by atoms with Crippen LogP contribution in [0, 0.1) is 17.7 Å². The van der Waals surface area contributed by atoms with Crippen LogP contribution in [0.15, 0.2) is 24.3 Å². The molecule has 19 heavy (non-hydrogen) atoms. The van der Waals surface area contributed by atoms with Crippen molar-refractivity contribution in [3.63, 3.8) is 0 Å². The van der Waals surface area contributed by atoms with Gasteiger partial charge >= 0.3 is 0 Å². The fraction of sp³-hybridized carbons (Fsp3) is 0.533. The topological polar surface area (TPSA) is 46.3 Å². The van der Waals surface area contributed by atoms with Gasteiger partial charge in [0, 0.05) is 19.5 Å². The van der Waals surface area contributed by atoms with Crippen molar-refractivity contribution in [2.75, 3.05) is 13.6 Å². The molecule has 0 heterocycles.